The Labute approximate surface area is 107 Å². The van der Waals surface area contributed by atoms with E-state index in [2.05, 4.69) is 0 Å². The van der Waals surface area contributed by atoms with Crippen LogP contribution in [0.5, 0.6) is 0 Å². The smallest absolute Gasteiger partial charge is 0.148 e. The minimum atomic E-state index is -0.785. The molecule has 2 saturated carbocycles. The zero-order valence-corrected chi connectivity index (χ0v) is 11.1. The number of fused-ring (bicyclic) bond motifs is 1. The largest absolute Gasteiger partial charge is 0.396 e. The van der Waals surface area contributed by atoms with E-state index in [1.165, 1.54) is 0 Å². The van der Waals surface area contributed by atoms with Crippen molar-refractivity contribution in [2.75, 3.05) is 13.2 Å². The molecular weight excluding hydrogens is 232 g/mol. The molecule has 4 heteroatoms. The maximum Gasteiger partial charge on any atom is 0.148 e. The fourth-order valence-corrected chi connectivity index (χ4v) is 3.47. The number of Topliss-reactive ketones (excluding diaryl/α,β-unsaturated/α-hetero) is 2. The van der Waals surface area contributed by atoms with Crippen molar-refractivity contribution in [3.63, 3.8) is 0 Å². The fourth-order valence-electron chi connectivity index (χ4n) is 3.47. The van der Waals surface area contributed by atoms with Crippen LogP contribution in [-0.4, -0.2) is 35.0 Å². The second kappa shape index (κ2) is 4.42. The van der Waals surface area contributed by atoms with Crippen LogP contribution in [0.3, 0.4) is 0 Å². The molecule has 4 atom stereocenters. The molecule has 4 nitrogen and oxygen atoms in total. The van der Waals surface area contributed by atoms with Crippen molar-refractivity contribution in [1.82, 2.24) is 0 Å². The summed E-state index contributed by atoms with van der Waals surface area (Å²) in [6.07, 6.45) is 1.97. The summed E-state index contributed by atoms with van der Waals surface area (Å²) in [7, 11) is 0. The molecule has 0 bridgehead atoms. The normalized spacial score (nSPS) is 44.9. The van der Waals surface area contributed by atoms with Crippen molar-refractivity contribution < 1.29 is 19.8 Å². The van der Waals surface area contributed by atoms with Gasteiger partial charge in [0.2, 0.25) is 0 Å². The standard InChI is InChI=1S/C14H22O4/c1-13(7-15)4-3-10-9(6-14(10,2)8-16)11(17)5-12(13)18/h9-10,15-16H,3-8H2,1-2H3. The number of carbonyl (C=O) groups excluding carboxylic acids is 2. The first-order valence-corrected chi connectivity index (χ1v) is 6.64. The van der Waals surface area contributed by atoms with Gasteiger partial charge in [0.05, 0.1) is 13.0 Å². The number of hydrogen-bond acceptors (Lipinski definition) is 4. The van der Waals surface area contributed by atoms with E-state index in [0.717, 1.165) is 6.42 Å². The summed E-state index contributed by atoms with van der Waals surface area (Å²) < 4.78 is 0. The third-order valence-electron chi connectivity index (χ3n) is 5.21. The van der Waals surface area contributed by atoms with Gasteiger partial charge < -0.3 is 10.2 Å². The number of carbonyl (C=O) groups is 2. The van der Waals surface area contributed by atoms with Crippen molar-refractivity contribution in [2.45, 2.75) is 39.5 Å². The SMILES string of the molecule is CC1(CO)CCC2C(CC2(C)CO)C(=O)CC1=O. The van der Waals surface area contributed by atoms with Crippen molar-refractivity contribution in [3.8, 4) is 0 Å². The Morgan fingerprint density at radius 2 is 1.89 bits per heavy atom. The van der Waals surface area contributed by atoms with E-state index >= 15 is 0 Å². The summed E-state index contributed by atoms with van der Waals surface area (Å²) in [5, 5.41) is 18.8. The molecule has 2 aliphatic carbocycles. The number of aliphatic hydroxyl groups excluding tert-OH is 2. The van der Waals surface area contributed by atoms with Gasteiger partial charge in [0.25, 0.3) is 0 Å². The van der Waals surface area contributed by atoms with E-state index in [1.54, 1.807) is 6.92 Å². The molecule has 2 rings (SSSR count). The zero-order valence-electron chi connectivity index (χ0n) is 11.1. The van der Waals surface area contributed by atoms with E-state index in [9.17, 15) is 19.8 Å². The lowest BCUT2D eigenvalue weighted by Gasteiger charge is -2.53. The van der Waals surface area contributed by atoms with Crippen molar-refractivity contribution >= 4 is 11.6 Å². The van der Waals surface area contributed by atoms with E-state index in [1.807, 2.05) is 6.92 Å². The minimum Gasteiger partial charge on any atom is -0.396 e. The van der Waals surface area contributed by atoms with Gasteiger partial charge in [-0.3, -0.25) is 9.59 Å². The third-order valence-corrected chi connectivity index (χ3v) is 5.21. The van der Waals surface area contributed by atoms with Crippen LogP contribution in [0.25, 0.3) is 0 Å². The van der Waals surface area contributed by atoms with Crippen LogP contribution in [0, 0.1) is 22.7 Å². The average Bonchev–Trinajstić information content (AvgIpc) is 2.33. The second-order valence-corrected chi connectivity index (χ2v) is 6.55. The van der Waals surface area contributed by atoms with Gasteiger partial charge in [0.15, 0.2) is 0 Å². The molecule has 2 aliphatic rings. The molecule has 0 aromatic rings. The number of ketones is 2. The molecule has 0 saturated heterocycles. The molecule has 0 radical (unpaired) electrons. The first-order chi connectivity index (χ1) is 8.36. The van der Waals surface area contributed by atoms with Crippen molar-refractivity contribution in [2.24, 2.45) is 22.7 Å². The monoisotopic (exact) mass is 254 g/mol. The predicted octanol–water partition coefficient (Wildman–Crippen LogP) is 0.942. The Morgan fingerprint density at radius 1 is 1.22 bits per heavy atom. The van der Waals surface area contributed by atoms with Gasteiger partial charge in [-0.2, -0.15) is 0 Å². The van der Waals surface area contributed by atoms with Crippen molar-refractivity contribution in [3.05, 3.63) is 0 Å². The van der Waals surface area contributed by atoms with Crippen LogP contribution in [0.4, 0.5) is 0 Å². The Bertz CT molecular complexity index is 378. The third kappa shape index (κ3) is 1.91. The highest BCUT2D eigenvalue weighted by molar-refractivity contribution is 6.03. The van der Waals surface area contributed by atoms with Gasteiger partial charge in [0.1, 0.15) is 11.6 Å². The summed E-state index contributed by atoms with van der Waals surface area (Å²) in [6, 6.07) is 0. The topological polar surface area (TPSA) is 74.6 Å². The van der Waals surface area contributed by atoms with Gasteiger partial charge in [-0.25, -0.2) is 0 Å². The molecule has 102 valence electrons. The Hall–Kier alpha value is -0.740. The van der Waals surface area contributed by atoms with Crippen molar-refractivity contribution in [1.29, 1.82) is 0 Å². The molecule has 0 aromatic heterocycles. The molecule has 18 heavy (non-hydrogen) atoms. The molecule has 0 heterocycles. The van der Waals surface area contributed by atoms with Crippen LogP contribution in [0.2, 0.25) is 0 Å². The van der Waals surface area contributed by atoms with E-state index in [0.29, 0.717) is 12.8 Å². The van der Waals surface area contributed by atoms with Crippen LogP contribution in [0.1, 0.15) is 39.5 Å². The summed E-state index contributed by atoms with van der Waals surface area (Å²) >= 11 is 0. The molecule has 0 aromatic carbocycles. The van der Waals surface area contributed by atoms with Crippen LogP contribution < -0.4 is 0 Å². The highest BCUT2D eigenvalue weighted by Gasteiger charge is 2.54. The van der Waals surface area contributed by atoms with Gasteiger partial charge >= 0.3 is 0 Å². The van der Waals surface area contributed by atoms with E-state index in [-0.39, 0.29) is 48.5 Å². The van der Waals surface area contributed by atoms with E-state index in [4.69, 9.17) is 0 Å². The maximum absolute atomic E-state index is 12.1. The van der Waals surface area contributed by atoms with Gasteiger partial charge in [0, 0.05) is 17.9 Å². The van der Waals surface area contributed by atoms with E-state index < -0.39 is 5.41 Å². The highest BCUT2D eigenvalue weighted by atomic mass is 16.3. The van der Waals surface area contributed by atoms with Crippen LogP contribution >= 0.6 is 0 Å². The molecule has 0 amide bonds. The minimum absolute atomic E-state index is 0.00435. The lowest BCUT2D eigenvalue weighted by molar-refractivity contribution is -0.152. The first kappa shape index (κ1) is 13.7. The quantitative estimate of drug-likeness (QED) is 0.719. The molecule has 0 spiro atoms. The Morgan fingerprint density at radius 3 is 2.44 bits per heavy atom. The molecule has 2 fully saturated rings. The number of aliphatic hydroxyl groups is 2. The number of hydrogen-bond donors (Lipinski definition) is 2. The Kier molecular flexibility index (Phi) is 3.36. The Balaban J connectivity index is 2.20. The van der Waals surface area contributed by atoms with Gasteiger partial charge in [-0.05, 0) is 30.6 Å². The summed E-state index contributed by atoms with van der Waals surface area (Å²) in [5.41, 5.74) is -0.969. The summed E-state index contributed by atoms with van der Waals surface area (Å²) in [6.45, 7) is 3.62. The molecular formula is C14H22O4. The lowest BCUT2D eigenvalue weighted by Crippen LogP contribution is -2.54. The second-order valence-electron chi connectivity index (χ2n) is 6.55. The fraction of sp³-hybridized carbons (Fsp3) is 0.857. The van der Waals surface area contributed by atoms with Crippen LogP contribution in [0.15, 0.2) is 0 Å². The summed E-state index contributed by atoms with van der Waals surface area (Å²) in [4.78, 5) is 24.1. The number of rotatable bonds is 2. The molecule has 2 N–H and O–H groups in total. The first-order valence-electron chi connectivity index (χ1n) is 6.64. The molecule has 0 aliphatic heterocycles. The maximum atomic E-state index is 12.1. The highest BCUT2D eigenvalue weighted by Crippen LogP contribution is 2.55. The molecule has 4 unspecified atom stereocenters. The predicted molar refractivity (Wildman–Crippen MR) is 65.8 cm³/mol. The summed E-state index contributed by atoms with van der Waals surface area (Å²) in [5.74, 6) is -0.0373. The average molecular weight is 254 g/mol. The zero-order chi connectivity index (χ0) is 13.6. The lowest BCUT2D eigenvalue weighted by atomic mass is 9.50. The van der Waals surface area contributed by atoms with Gasteiger partial charge in [-0.15, -0.1) is 0 Å². The van der Waals surface area contributed by atoms with Gasteiger partial charge in [-0.1, -0.05) is 13.8 Å². The van der Waals surface area contributed by atoms with Crippen LogP contribution in [-0.2, 0) is 9.59 Å².